The molecule has 0 fully saturated rings. The molecule has 0 spiro atoms. The zero-order chi connectivity index (χ0) is 24.8. The Morgan fingerprint density at radius 2 is 1.12 bits per heavy atom. The molecule has 0 aromatic heterocycles. The van der Waals surface area contributed by atoms with E-state index in [1.165, 1.54) is 38.2 Å². The van der Waals surface area contributed by atoms with Gasteiger partial charge in [-0.3, -0.25) is 0 Å². The van der Waals surface area contributed by atoms with Gasteiger partial charge in [0.2, 0.25) is 0 Å². The van der Waals surface area contributed by atoms with E-state index in [0.717, 1.165) is 0 Å². The van der Waals surface area contributed by atoms with E-state index in [1.807, 2.05) is 0 Å². The molecule has 0 nitrogen and oxygen atoms in total. The first-order valence-electron chi connectivity index (χ1n) is 12.6. The summed E-state index contributed by atoms with van der Waals surface area (Å²) in [4.78, 5) is 0. The Labute approximate surface area is 209 Å². The fraction of sp³-hybridized carbons (Fsp3) is 0.312. The summed E-state index contributed by atoms with van der Waals surface area (Å²) in [5, 5.41) is 7.77. The first kappa shape index (κ1) is 24.7. The molecule has 4 rings (SSSR count). The molecule has 0 aliphatic heterocycles. The number of benzene rings is 3. The smallest absolute Gasteiger partial charge is 0.0656 e. The first-order valence-corrected chi connectivity index (χ1v) is 18.1. The zero-order valence-electron chi connectivity index (χ0n) is 22.5. The number of aryl methyl sites for hydroxylation is 2. The third-order valence-electron chi connectivity index (χ3n) is 8.11. The van der Waals surface area contributed by atoms with Gasteiger partial charge in [-0.15, -0.1) is 0 Å². The van der Waals surface area contributed by atoms with E-state index in [4.69, 9.17) is 0 Å². The maximum absolute atomic E-state index is 2.61. The summed E-state index contributed by atoms with van der Waals surface area (Å²) >= 11 is 0. The van der Waals surface area contributed by atoms with Gasteiger partial charge in [0.15, 0.2) is 8.07 Å². The molecule has 0 amide bonds. The molecule has 1 aliphatic rings. The normalized spacial score (nSPS) is 18.4. The van der Waals surface area contributed by atoms with Crippen LogP contribution in [0.15, 0.2) is 94.7 Å². The highest BCUT2D eigenvalue weighted by Crippen LogP contribution is 2.41. The van der Waals surface area contributed by atoms with Crippen molar-refractivity contribution in [1.29, 1.82) is 0 Å². The van der Waals surface area contributed by atoms with Gasteiger partial charge in [0.1, 0.15) is 0 Å². The molecule has 2 unspecified atom stereocenters. The van der Waals surface area contributed by atoms with E-state index in [2.05, 4.69) is 134 Å². The SMILES string of the molecule is CC1=C(C)C(C)C([Si](c2ccccc2)(c2ccc(C)cc2)c2cc(C)cc([Si](C)(C)C)c2)=C1C. The maximum atomic E-state index is 2.61. The molecule has 0 saturated heterocycles. The minimum absolute atomic E-state index is 0.448. The van der Waals surface area contributed by atoms with Gasteiger partial charge in [-0.25, -0.2) is 0 Å². The second-order valence-electron chi connectivity index (χ2n) is 11.4. The highest BCUT2D eigenvalue weighted by atomic mass is 28.3. The van der Waals surface area contributed by atoms with Crippen molar-refractivity contribution >= 4 is 36.9 Å². The molecule has 0 saturated carbocycles. The second-order valence-corrected chi connectivity index (χ2v) is 20.2. The average Bonchev–Trinajstić information content (AvgIpc) is 2.99. The van der Waals surface area contributed by atoms with Crippen LogP contribution in [0.5, 0.6) is 0 Å². The third-order valence-corrected chi connectivity index (χ3v) is 15.3. The third kappa shape index (κ3) is 4.01. The Morgan fingerprint density at radius 1 is 0.559 bits per heavy atom. The van der Waals surface area contributed by atoms with Gasteiger partial charge in [0.05, 0.1) is 8.07 Å². The predicted molar refractivity (Wildman–Crippen MR) is 157 cm³/mol. The quantitative estimate of drug-likeness (QED) is 0.303. The Morgan fingerprint density at radius 3 is 1.65 bits per heavy atom. The highest BCUT2D eigenvalue weighted by Gasteiger charge is 2.48. The van der Waals surface area contributed by atoms with E-state index in [1.54, 1.807) is 15.6 Å². The van der Waals surface area contributed by atoms with Gasteiger partial charge in [-0.05, 0) is 61.7 Å². The van der Waals surface area contributed by atoms with Crippen molar-refractivity contribution in [3.63, 3.8) is 0 Å². The zero-order valence-corrected chi connectivity index (χ0v) is 24.5. The van der Waals surface area contributed by atoms with Crippen LogP contribution in [-0.2, 0) is 0 Å². The van der Waals surface area contributed by atoms with Crippen LogP contribution in [0.4, 0.5) is 0 Å². The van der Waals surface area contributed by atoms with Gasteiger partial charge in [0, 0.05) is 0 Å². The van der Waals surface area contributed by atoms with Crippen LogP contribution < -0.4 is 20.7 Å². The van der Waals surface area contributed by atoms with Crippen LogP contribution in [0.3, 0.4) is 0 Å². The molecule has 3 aromatic rings. The lowest BCUT2D eigenvalue weighted by atomic mass is 10.1. The first-order chi connectivity index (χ1) is 16.0. The van der Waals surface area contributed by atoms with Crippen molar-refractivity contribution in [3.8, 4) is 0 Å². The van der Waals surface area contributed by atoms with Crippen LogP contribution in [0.2, 0.25) is 19.6 Å². The molecular weight excluding hydrogens is 441 g/mol. The van der Waals surface area contributed by atoms with E-state index in [0.29, 0.717) is 5.92 Å². The molecule has 34 heavy (non-hydrogen) atoms. The monoisotopic (exact) mass is 480 g/mol. The second kappa shape index (κ2) is 8.98. The Kier molecular flexibility index (Phi) is 6.52. The molecule has 176 valence electrons. The molecule has 0 N–H and O–H groups in total. The van der Waals surface area contributed by atoms with Crippen LogP contribution in [0, 0.1) is 19.8 Å². The molecule has 2 atom stereocenters. The topological polar surface area (TPSA) is 0 Å². The molecule has 2 heteroatoms. The lowest BCUT2D eigenvalue weighted by Gasteiger charge is -2.39. The van der Waals surface area contributed by atoms with Crippen LogP contribution in [0.25, 0.3) is 0 Å². The number of rotatable bonds is 5. The summed E-state index contributed by atoms with van der Waals surface area (Å²) < 4.78 is 0. The summed E-state index contributed by atoms with van der Waals surface area (Å²) in [6.45, 7) is 21.4. The van der Waals surface area contributed by atoms with E-state index in [-0.39, 0.29) is 0 Å². The van der Waals surface area contributed by atoms with Gasteiger partial charge in [-0.2, -0.15) is 0 Å². The largest absolute Gasteiger partial charge is 0.176 e. The predicted octanol–water partition coefficient (Wildman–Crippen LogP) is 6.16. The molecule has 0 radical (unpaired) electrons. The minimum atomic E-state index is -2.50. The summed E-state index contributed by atoms with van der Waals surface area (Å²) in [6, 6.07) is 28.5. The highest BCUT2D eigenvalue weighted by molar-refractivity contribution is 7.16. The molecular formula is C32H40Si2. The van der Waals surface area contributed by atoms with Crippen molar-refractivity contribution in [2.45, 2.75) is 61.2 Å². The van der Waals surface area contributed by atoms with Crippen LogP contribution in [0.1, 0.15) is 38.8 Å². The lowest BCUT2D eigenvalue weighted by molar-refractivity contribution is 0.851. The fourth-order valence-corrected chi connectivity index (χ4v) is 13.0. The standard InChI is InChI=1S/C32H40Si2/c1-22-15-17-29(18-16-22)34(28-13-11-10-12-14-28,32-26(5)24(3)25(4)27(32)6)31-20-23(2)19-30(21-31)33(7,8)9/h10-21,26H,1-9H3. The Bertz CT molecular complexity index is 1270. The Balaban J connectivity index is 2.21. The fourth-order valence-electron chi connectivity index (χ4n) is 5.86. The van der Waals surface area contributed by atoms with Crippen molar-refractivity contribution in [2.24, 2.45) is 5.92 Å². The van der Waals surface area contributed by atoms with E-state index < -0.39 is 16.1 Å². The molecule has 3 aromatic carbocycles. The van der Waals surface area contributed by atoms with Crippen molar-refractivity contribution in [2.75, 3.05) is 0 Å². The molecule has 1 aliphatic carbocycles. The maximum Gasteiger partial charge on any atom is 0.176 e. The van der Waals surface area contributed by atoms with Gasteiger partial charge < -0.3 is 0 Å². The molecule has 0 bridgehead atoms. The van der Waals surface area contributed by atoms with Gasteiger partial charge >= 0.3 is 0 Å². The van der Waals surface area contributed by atoms with E-state index >= 15 is 0 Å². The number of allylic oxidation sites excluding steroid dienone is 4. The minimum Gasteiger partial charge on any atom is -0.0656 e. The van der Waals surface area contributed by atoms with Crippen molar-refractivity contribution < 1.29 is 0 Å². The van der Waals surface area contributed by atoms with Crippen molar-refractivity contribution in [3.05, 3.63) is 106 Å². The average molecular weight is 481 g/mol. The van der Waals surface area contributed by atoms with E-state index in [9.17, 15) is 0 Å². The summed E-state index contributed by atoms with van der Waals surface area (Å²) in [5.41, 5.74) is 7.24. The summed E-state index contributed by atoms with van der Waals surface area (Å²) in [6.07, 6.45) is 0. The van der Waals surface area contributed by atoms with Gasteiger partial charge in [0.25, 0.3) is 0 Å². The van der Waals surface area contributed by atoms with Crippen LogP contribution in [-0.4, -0.2) is 16.1 Å². The summed E-state index contributed by atoms with van der Waals surface area (Å²) in [5.74, 6) is 0.448. The van der Waals surface area contributed by atoms with Crippen molar-refractivity contribution in [1.82, 2.24) is 0 Å². The summed E-state index contributed by atoms with van der Waals surface area (Å²) in [7, 11) is -4.00. The lowest BCUT2D eigenvalue weighted by Crippen LogP contribution is -2.70. The number of hydrogen-bond acceptors (Lipinski definition) is 0. The van der Waals surface area contributed by atoms with Crippen LogP contribution >= 0.6 is 0 Å². The number of hydrogen-bond donors (Lipinski definition) is 0. The van der Waals surface area contributed by atoms with Gasteiger partial charge in [-0.1, -0.05) is 132 Å². The molecule has 0 heterocycles. The Hall–Kier alpha value is -2.43.